The smallest absolute Gasteiger partial charge is 0.407 e. The maximum absolute atomic E-state index is 13.6. The number of hydrogen-bond donors (Lipinski definition) is 3. The summed E-state index contributed by atoms with van der Waals surface area (Å²) >= 11 is 0. The highest BCUT2D eigenvalue weighted by Gasteiger charge is 2.35. The number of alkyl carbamates (subject to hydrolysis) is 1. The molecule has 5 rings (SSSR count). The number of amides is 3. The Hall–Kier alpha value is -5.08. The lowest BCUT2D eigenvalue weighted by Gasteiger charge is -2.38. The van der Waals surface area contributed by atoms with E-state index in [2.05, 4.69) is 20.7 Å². The van der Waals surface area contributed by atoms with Crippen LogP contribution in [-0.2, 0) is 39.2 Å². The molecule has 0 spiro atoms. The molecule has 2 aromatic heterocycles. The molecule has 2 aromatic carbocycles. The molecule has 0 unspecified atom stereocenters. The standard InChI is InChI=1S/C39H51N7O7/c1-27(29-9-7-6-8-10-29)23-32(48)45-19-16-39(51,17-20-45)25-46-26-42-33-34(36(46)49)43-44(5)35(33)30-13-11-28(12-14-30)24-41-31(47)15-21-52-22-18-40-37(50)53-38(2,3)4/h6-14,26-27,51H,15-25H2,1-5H3,(H,40,50)(H,41,47)/t27-/m1/s1. The highest BCUT2D eigenvalue weighted by atomic mass is 16.6. The molecule has 1 fully saturated rings. The van der Waals surface area contributed by atoms with Crippen molar-refractivity contribution in [1.82, 2.24) is 34.9 Å². The second-order valence-electron chi connectivity index (χ2n) is 14.7. The van der Waals surface area contributed by atoms with Crippen molar-refractivity contribution in [3.05, 3.63) is 82.4 Å². The maximum atomic E-state index is 13.6. The SMILES string of the molecule is C[C@H](CC(=O)N1CCC(O)(Cn2cnc3c(-c4ccc(CNC(=O)CCOCCNC(=O)OC(C)(C)C)cc4)n(C)nc3c2=O)CC1)c1ccccc1. The summed E-state index contributed by atoms with van der Waals surface area (Å²) in [5.74, 6) is -0.00196. The van der Waals surface area contributed by atoms with Crippen LogP contribution in [0.2, 0.25) is 0 Å². The Morgan fingerprint density at radius 1 is 0.981 bits per heavy atom. The molecular formula is C39H51N7O7. The predicted molar refractivity (Wildman–Crippen MR) is 200 cm³/mol. The van der Waals surface area contributed by atoms with Crippen molar-refractivity contribution in [2.45, 2.75) is 83.6 Å². The number of aromatic nitrogens is 4. The molecule has 0 saturated carbocycles. The number of carbonyl (C=O) groups is 3. The molecule has 1 aliphatic rings. The van der Waals surface area contributed by atoms with Crippen molar-refractivity contribution >= 4 is 28.9 Å². The fourth-order valence-electron chi connectivity index (χ4n) is 6.35. The van der Waals surface area contributed by atoms with E-state index in [1.54, 1.807) is 37.4 Å². The van der Waals surface area contributed by atoms with Crippen LogP contribution in [0.5, 0.6) is 0 Å². The summed E-state index contributed by atoms with van der Waals surface area (Å²) in [5, 5.41) is 21.4. The summed E-state index contributed by atoms with van der Waals surface area (Å²) < 4.78 is 13.6. The first-order valence-corrected chi connectivity index (χ1v) is 18.1. The zero-order valence-corrected chi connectivity index (χ0v) is 31.3. The topological polar surface area (TPSA) is 170 Å². The average Bonchev–Trinajstić information content (AvgIpc) is 3.46. The van der Waals surface area contributed by atoms with Gasteiger partial charge in [0, 0.05) is 51.6 Å². The van der Waals surface area contributed by atoms with Crippen LogP contribution in [0.4, 0.5) is 4.79 Å². The summed E-state index contributed by atoms with van der Waals surface area (Å²) in [6.07, 6.45) is 2.23. The highest BCUT2D eigenvalue weighted by Crippen LogP contribution is 2.28. The second kappa shape index (κ2) is 17.2. The third kappa shape index (κ3) is 10.7. The van der Waals surface area contributed by atoms with E-state index >= 15 is 0 Å². The lowest BCUT2D eigenvalue weighted by atomic mass is 9.90. The van der Waals surface area contributed by atoms with E-state index < -0.39 is 17.3 Å². The van der Waals surface area contributed by atoms with Crippen molar-refractivity contribution in [2.75, 3.05) is 32.8 Å². The number of nitrogens with zero attached hydrogens (tertiary/aromatic N) is 5. The van der Waals surface area contributed by atoms with E-state index in [1.165, 1.54) is 10.9 Å². The lowest BCUT2D eigenvalue weighted by Crippen LogP contribution is -2.49. The van der Waals surface area contributed by atoms with Gasteiger partial charge in [0.2, 0.25) is 11.8 Å². The molecule has 3 N–H and O–H groups in total. The Morgan fingerprint density at radius 3 is 2.36 bits per heavy atom. The summed E-state index contributed by atoms with van der Waals surface area (Å²) in [6, 6.07) is 17.5. The first-order valence-electron chi connectivity index (χ1n) is 18.1. The Balaban J connectivity index is 1.10. The van der Waals surface area contributed by atoms with Gasteiger partial charge in [-0.3, -0.25) is 23.6 Å². The van der Waals surface area contributed by atoms with Gasteiger partial charge in [0.15, 0.2) is 5.52 Å². The van der Waals surface area contributed by atoms with Gasteiger partial charge in [0.1, 0.15) is 11.1 Å². The van der Waals surface area contributed by atoms with Gasteiger partial charge >= 0.3 is 6.09 Å². The normalized spacial score (nSPS) is 14.9. The van der Waals surface area contributed by atoms with Crippen LogP contribution in [0.15, 0.2) is 65.7 Å². The molecule has 14 nitrogen and oxygen atoms in total. The first-order chi connectivity index (χ1) is 25.2. The zero-order chi connectivity index (χ0) is 38.2. The average molecular weight is 730 g/mol. The van der Waals surface area contributed by atoms with Crippen molar-refractivity contribution < 1.29 is 29.0 Å². The molecule has 1 aliphatic heterocycles. The van der Waals surface area contributed by atoms with Crippen LogP contribution in [0.1, 0.15) is 70.4 Å². The van der Waals surface area contributed by atoms with Crippen LogP contribution in [0, 0.1) is 0 Å². The monoisotopic (exact) mass is 729 g/mol. The van der Waals surface area contributed by atoms with Gasteiger partial charge in [0.25, 0.3) is 5.56 Å². The molecule has 0 radical (unpaired) electrons. The van der Waals surface area contributed by atoms with Crippen LogP contribution in [0.3, 0.4) is 0 Å². The molecule has 0 aliphatic carbocycles. The van der Waals surface area contributed by atoms with Gasteiger partial charge in [-0.15, -0.1) is 0 Å². The zero-order valence-electron chi connectivity index (χ0n) is 31.3. The van der Waals surface area contributed by atoms with E-state index in [0.717, 1.165) is 16.7 Å². The number of ether oxygens (including phenoxy) is 2. The second-order valence-corrected chi connectivity index (χ2v) is 14.7. The summed E-state index contributed by atoms with van der Waals surface area (Å²) in [7, 11) is 1.75. The van der Waals surface area contributed by atoms with E-state index in [0.29, 0.717) is 50.1 Å². The molecule has 4 aromatic rings. The number of fused-ring (bicyclic) bond motifs is 1. The number of aryl methyl sites for hydroxylation is 1. The Morgan fingerprint density at radius 2 is 1.68 bits per heavy atom. The van der Waals surface area contributed by atoms with Crippen LogP contribution < -0.4 is 16.2 Å². The highest BCUT2D eigenvalue weighted by molar-refractivity contribution is 5.89. The summed E-state index contributed by atoms with van der Waals surface area (Å²) in [4.78, 5) is 57.0. The minimum absolute atomic E-state index is 0.0565. The fourth-order valence-corrected chi connectivity index (χ4v) is 6.35. The minimum atomic E-state index is -1.16. The van der Waals surface area contributed by atoms with Gasteiger partial charge in [-0.1, -0.05) is 61.5 Å². The molecule has 3 heterocycles. The number of carbonyl (C=O) groups excluding carboxylic acids is 3. The Bertz CT molecular complexity index is 1930. The van der Waals surface area contributed by atoms with Crippen molar-refractivity contribution in [1.29, 1.82) is 0 Å². The molecule has 53 heavy (non-hydrogen) atoms. The Kier molecular flexibility index (Phi) is 12.7. The van der Waals surface area contributed by atoms with E-state index in [4.69, 9.17) is 9.47 Å². The largest absolute Gasteiger partial charge is 0.444 e. The third-order valence-corrected chi connectivity index (χ3v) is 9.28. The quantitative estimate of drug-likeness (QED) is 0.163. The summed E-state index contributed by atoms with van der Waals surface area (Å²) in [5.41, 5.74) is 2.08. The number of hydrogen-bond acceptors (Lipinski definition) is 9. The fraction of sp³-hybridized carbons (Fsp3) is 0.487. The van der Waals surface area contributed by atoms with E-state index in [1.807, 2.05) is 61.5 Å². The first kappa shape index (κ1) is 39.1. The number of piperidine rings is 1. The molecule has 1 saturated heterocycles. The summed E-state index contributed by atoms with van der Waals surface area (Å²) in [6.45, 7) is 9.39. The molecular weight excluding hydrogens is 678 g/mol. The molecule has 14 heteroatoms. The van der Waals surface area contributed by atoms with Gasteiger partial charge in [0.05, 0.1) is 37.4 Å². The van der Waals surface area contributed by atoms with Crippen molar-refractivity contribution in [3.63, 3.8) is 0 Å². The van der Waals surface area contributed by atoms with Crippen LogP contribution in [-0.4, -0.2) is 91.3 Å². The molecule has 1 atom stereocenters. The maximum Gasteiger partial charge on any atom is 0.407 e. The number of nitrogens with one attached hydrogen (secondary N) is 2. The van der Waals surface area contributed by atoms with Crippen molar-refractivity contribution in [2.24, 2.45) is 7.05 Å². The number of likely N-dealkylation sites (tertiary alicyclic amines) is 1. The van der Waals surface area contributed by atoms with Gasteiger partial charge in [-0.25, -0.2) is 9.78 Å². The number of aliphatic hydroxyl groups is 1. The van der Waals surface area contributed by atoms with E-state index in [9.17, 15) is 24.3 Å². The number of benzene rings is 2. The van der Waals surface area contributed by atoms with E-state index in [-0.39, 0.29) is 61.5 Å². The minimum Gasteiger partial charge on any atom is -0.444 e. The van der Waals surface area contributed by atoms with Crippen LogP contribution in [0.25, 0.3) is 22.3 Å². The van der Waals surface area contributed by atoms with Crippen molar-refractivity contribution in [3.8, 4) is 11.3 Å². The molecule has 0 bridgehead atoms. The van der Waals surface area contributed by atoms with Gasteiger partial charge < -0.3 is 30.1 Å². The van der Waals surface area contributed by atoms with Gasteiger partial charge in [-0.05, 0) is 50.7 Å². The van der Waals surface area contributed by atoms with Crippen LogP contribution >= 0.6 is 0 Å². The molecule has 284 valence electrons. The third-order valence-electron chi connectivity index (χ3n) is 9.28. The molecule has 3 amide bonds. The predicted octanol–water partition coefficient (Wildman–Crippen LogP) is 3.89. The van der Waals surface area contributed by atoms with Gasteiger partial charge in [-0.2, -0.15) is 5.10 Å². The number of rotatable bonds is 14. The lowest BCUT2D eigenvalue weighted by molar-refractivity contribution is -0.136. The Labute approximate surface area is 309 Å².